The van der Waals surface area contributed by atoms with Gasteiger partial charge in [-0.1, -0.05) is 0 Å². The van der Waals surface area contributed by atoms with Crippen molar-refractivity contribution >= 4 is 29.1 Å². The van der Waals surface area contributed by atoms with E-state index in [-0.39, 0.29) is 23.0 Å². The monoisotopic (exact) mass is 560 g/mol. The van der Waals surface area contributed by atoms with Crippen molar-refractivity contribution in [2.45, 2.75) is 97.7 Å². The maximum absolute atomic E-state index is 13.1. The predicted octanol–water partition coefficient (Wildman–Crippen LogP) is 6.34. The number of unbranched alkanes of at least 4 members (excludes halogenated alkanes) is 1. The Balaban J connectivity index is 1.54. The molecule has 2 N–H and O–H groups in total. The van der Waals surface area contributed by atoms with E-state index in [1.54, 1.807) is 0 Å². The average molecular weight is 561 g/mol. The summed E-state index contributed by atoms with van der Waals surface area (Å²) in [5.74, 6) is 0.122. The first-order valence-corrected chi connectivity index (χ1v) is 17.0. The van der Waals surface area contributed by atoms with Crippen LogP contribution in [0, 0.1) is 20.8 Å². The fourth-order valence-electron chi connectivity index (χ4n) is 6.80. The van der Waals surface area contributed by atoms with Crippen LogP contribution in [0.15, 0.2) is 72.8 Å². The number of hydroxylamine groups is 2. The fourth-order valence-corrected chi connectivity index (χ4v) is 11.6. The fraction of sp³-hybridized carbons (Fsp3) is 0.457. The van der Waals surface area contributed by atoms with E-state index in [0.29, 0.717) is 6.42 Å². The van der Waals surface area contributed by atoms with Crippen molar-refractivity contribution in [2.24, 2.45) is 0 Å². The number of amides is 1. The van der Waals surface area contributed by atoms with E-state index in [1.807, 2.05) is 27.7 Å². The molecule has 1 fully saturated rings. The van der Waals surface area contributed by atoms with Crippen LogP contribution < -0.4 is 21.2 Å². The molecule has 0 unspecified atom stereocenters. The number of aryl methyl sites for hydroxylation is 3. The number of carbonyl (C=O) groups excluding carboxylic acids is 1. The Bertz CT molecular complexity index is 1150. The van der Waals surface area contributed by atoms with Gasteiger partial charge >= 0.3 is 243 Å². The molecule has 3 aromatic carbocycles. The molecule has 40 heavy (non-hydrogen) atoms. The van der Waals surface area contributed by atoms with Crippen LogP contribution in [0.1, 0.15) is 76.5 Å². The van der Waals surface area contributed by atoms with Crippen molar-refractivity contribution in [3.05, 3.63) is 89.5 Å². The van der Waals surface area contributed by atoms with Gasteiger partial charge in [0.2, 0.25) is 0 Å². The Labute approximate surface area is 242 Å². The van der Waals surface area contributed by atoms with Crippen LogP contribution in [0.4, 0.5) is 0 Å². The summed E-state index contributed by atoms with van der Waals surface area (Å²) in [7, 11) is -2.32. The van der Waals surface area contributed by atoms with E-state index in [2.05, 4.69) is 98.9 Å². The van der Waals surface area contributed by atoms with E-state index in [4.69, 9.17) is 0 Å². The Hall–Kier alpha value is -2.52. The molecule has 1 amide bonds. The summed E-state index contributed by atoms with van der Waals surface area (Å²) in [6.07, 6.45) is 4.90. The molecule has 0 atom stereocenters. The van der Waals surface area contributed by atoms with Crippen LogP contribution in [0.5, 0.6) is 0 Å². The third-order valence-electron chi connectivity index (χ3n) is 8.84. The molecule has 5 heteroatoms. The van der Waals surface area contributed by atoms with E-state index in [9.17, 15) is 10.0 Å². The van der Waals surface area contributed by atoms with E-state index in [0.717, 1.165) is 31.8 Å². The molecule has 0 spiro atoms. The van der Waals surface area contributed by atoms with Gasteiger partial charge in [-0.05, 0) is 0 Å². The van der Waals surface area contributed by atoms with Gasteiger partial charge in [0, 0.05) is 0 Å². The predicted molar refractivity (Wildman–Crippen MR) is 172 cm³/mol. The number of nitrogens with one attached hydrogen (secondary N) is 1. The molecule has 0 saturated carbocycles. The van der Waals surface area contributed by atoms with Crippen molar-refractivity contribution in [1.82, 2.24) is 10.4 Å². The summed E-state index contributed by atoms with van der Waals surface area (Å²) in [4.78, 5) is 13.1. The third kappa shape index (κ3) is 6.68. The number of piperidine rings is 1. The molecule has 0 radical (unpaired) electrons. The Morgan fingerprint density at radius 2 is 1.12 bits per heavy atom. The molecule has 1 saturated heterocycles. The third-order valence-corrected chi connectivity index (χ3v) is 13.9. The van der Waals surface area contributed by atoms with E-state index >= 15 is 0 Å². The van der Waals surface area contributed by atoms with Crippen molar-refractivity contribution in [1.29, 1.82) is 0 Å². The molecule has 4 nitrogen and oxygen atoms in total. The molecule has 1 heterocycles. The zero-order valence-electron chi connectivity index (χ0n) is 25.6. The Morgan fingerprint density at radius 3 is 1.50 bits per heavy atom. The van der Waals surface area contributed by atoms with Crippen LogP contribution in [0.2, 0.25) is 0 Å². The second kappa shape index (κ2) is 12.1. The van der Waals surface area contributed by atoms with Gasteiger partial charge in [-0.25, -0.2) is 0 Å². The van der Waals surface area contributed by atoms with E-state index < -0.39 is 7.26 Å². The van der Waals surface area contributed by atoms with Crippen molar-refractivity contribution in [3.8, 4) is 0 Å². The number of nitrogens with zero attached hydrogens (tertiary/aromatic N) is 1. The maximum atomic E-state index is 13.1. The first kappa shape index (κ1) is 30.4. The molecule has 1 aliphatic rings. The number of hydrogen-bond acceptors (Lipinski definition) is 3. The van der Waals surface area contributed by atoms with Crippen LogP contribution in [0.25, 0.3) is 0 Å². The van der Waals surface area contributed by atoms with Gasteiger partial charge in [0.25, 0.3) is 0 Å². The zero-order valence-corrected chi connectivity index (χ0v) is 26.6. The van der Waals surface area contributed by atoms with Gasteiger partial charge in [0.15, 0.2) is 0 Å². The van der Waals surface area contributed by atoms with Crippen LogP contribution in [-0.2, 0) is 4.79 Å². The van der Waals surface area contributed by atoms with Crippen LogP contribution >= 0.6 is 7.26 Å². The van der Waals surface area contributed by atoms with E-state index in [1.165, 1.54) is 37.7 Å². The second-order valence-corrected chi connectivity index (χ2v) is 17.4. The molecule has 1 aliphatic heterocycles. The van der Waals surface area contributed by atoms with Crippen LogP contribution in [-0.4, -0.2) is 39.5 Å². The first-order valence-electron chi connectivity index (χ1n) is 14.8. The molecular formula is C35H49N2O2P. The first-order chi connectivity index (χ1) is 18.8. The summed E-state index contributed by atoms with van der Waals surface area (Å²) in [5.41, 5.74) is 3.07. The summed E-state index contributed by atoms with van der Waals surface area (Å²) in [6.45, 7) is 14.6. The molecule has 4 rings (SSSR count). The van der Waals surface area contributed by atoms with Gasteiger partial charge in [-0.2, -0.15) is 0 Å². The minimum atomic E-state index is -2.32. The zero-order chi connectivity index (χ0) is 29.1. The number of benzene rings is 3. The summed E-state index contributed by atoms with van der Waals surface area (Å²) < 4.78 is 0. The SMILES string of the molecule is Cc1ccc([PH](CCCCC(=O)NC2CC(C)(C)N(O)C(C)(C)C2)(c2ccc(C)cc2)c2ccc(C)cc2)cc1. The number of carbonyl (C=O) groups is 1. The summed E-state index contributed by atoms with van der Waals surface area (Å²) in [5, 5.41) is 19.7. The van der Waals surface area contributed by atoms with Gasteiger partial charge in [-0.3, -0.25) is 0 Å². The summed E-state index contributed by atoms with van der Waals surface area (Å²) >= 11 is 0. The van der Waals surface area contributed by atoms with Gasteiger partial charge < -0.3 is 0 Å². The molecule has 216 valence electrons. The molecule has 0 aromatic heterocycles. The molecule has 0 bridgehead atoms. The Kier molecular flexibility index (Phi) is 9.25. The second-order valence-electron chi connectivity index (χ2n) is 13.3. The molecule has 3 aromatic rings. The quantitative estimate of drug-likeness (QED) is 0.237. The molecule has 0 aliphatic carbocycles. The minimum absolute atomic E-state index is 0.0713. The van der Waals surface area contributed by atoms with Crippen molar-refractivity contribution in [2.75, 3.05) is 6.16 Å². The van der Waals surface area contributed by atoms with Crippen LogP contribution in [0.3, 0.4) is 0 Å². The Morgan fingerprint density at radius 1 is 0.750 bits per heavy atom. The topological polar surface area (TPSA) is 52.6 Å². The van der Waals surface area contributed by atoms with Gasteiger partial charge in [-0.15, -0.1) is 0 Å². The van der Waals surface area contributed by atoms with Gasteiger partial charge in [0.05, 0.1) is 0 Å². The normalized spacial score (nSPS) is 17.9. The molecular weight excluding hydrogens is 511 g/mol. The number of hydrogen-bond donors (Lipinski definition) is 2. The van der Waals surface area contributed by atoms with Crippen molar-refractivity contribution in [3.63, 3.8) is 0 Å². The average Bonchev–Trinajstić information content (AvgIpc) is 2.89. The van der Waals surface area contributed by atoms with Crippen molar-refractivity contribution < 1.29 is 10.0 Å². The standard InChI is InChI=1S/C35H49N2O2P/c1-26-11-17-30(18-12-26)40(31-19-13-27(2)14-20-31,32-21-15-28(3)16-22-32)23-9-8-10-33(38)36-29-24-34(4,5)37(39)35(6,7)25-29/h11-22,29,39-40H,8-10,23-25H2,1-7H3,(H,36,38). The summed E-state index contributed by atoms with van der Waals surface area (Å²) in [6, 6.07) is 27.6. The van der Waals surface area contributed by atoms with Gasteiger partial charge in [0.1, 0.15) is 0 Å². The number of rotatable bonds is 9.